The maximum Gasteiger partial charge on any atom is 0.0590 e. The molecule has 3 heteroatoms. The van der Waals surface area contributed by atoms with E-state index in [0.29, 0.717) is 0 Å². The van der Waals surface area contributed by atoms with Crippen LogP contribution in [0.1, 0.15) is 22.7 Å². The number of hydrogen-bond acceptors (Lipinski definition) is 2. The molecule has 1 aromatic carbocycles. The smallest absolute Gasteiger partial charge is 0.0590 e. The Kier molecular flexibility index (Phi) is 3.92. The van der Waals surface area contributed by atoms with E-state index in [0.717, 1.165) is 4.47 Å². The lowest BCUT2D eigenvalue weighted by Crippen LogP contribution is -2.17. The molecule has 0 amide bonds. The van der Waals surface area contributed by atoms with Crippen molar-refractivity contribution in [3.8, 4) is 0 Å². The summed E-state index contributed by atoms with van der Waals surface area (Å²) in [6.07, 6.45) is 3.69. The summed E-state index contributed by atoms with van der Waals surface area (Å²) in [5.74, 6) is 0. The van der Waals surface area contributed by atoms with Crippen LogP contribution in [0.4, 0.5) is 0 Å². The number of nitrogens with zero attached hydrogens (tertiary/aromatic N) is 1. The predicted octanol–water partition coefficient (Wildman–Crippen LogP) is 3.46. The van der Waals surface area contributed by atoms with Crippen molar-refractivity contribution in [1.29, 1.82) is 0 Å². The van der Waals surface area contributed by atoms with Crippen LogP contribution in [0.3, 0.4) is 0 Å². The molecule has 17 heavy (non-hydrogen) atoms. The first-order valence-corrected chi connectivity index (χ1v) is 6.34. The predicted molar refractivity (Wildman–Crippen MR) is 74.0 cm³/mol. The van der Waals surface area contributed by atoms with Crippen molar-refractivity contribution in [3.05, 3.63) is 63.9 Å². The van der Waals surface area contributed by atoms with Gasteiger partial charge in [0, 0.05) is 16.9 Å². The summed E-state index contributed by atoms with van der Waals surface area (Å²) in [5, 5.41) is 3.33. The summed E-state index contributed by atoms with van der Waals surface area (Å²) in [6.45, 7) is 2.10. The number of aryl methyl sites for hydroxylation is 1. The maximum absolute atomic E-state index is 4.17. The zero-order valence-electron chi connectivity index (χ0n) is 9.94. The highest BCUT2D eigenvalue weighted by molar-refractivity contribution is 9.10. The van der Waals surface area contributed by atoms with Gasteiger partial charge >= 0.3 is 0 Å². The first-order valence-electron chi connectivity index (χ1n) is 5.55. The summed E-state index contributed by atoms with van der Waals surface area (Å²) in [5.41, 5.74) is 3.67. The minimum absolute atomic E-state index is 0.180. The standard InChI is InChI=1S/C14H15BrN2/c1-10-6-12(8-13(15)7-10)14(16-2)11-4-3-5-17-9-11/h3-9,14,16H,1-2H3. The normalized spacial score (nSPS) is 12.4. The van der Waals surface area contributed by atoms with Crippen LogP contribution in [0.5, 0.6) is 0 Å². The monoisotopic (exact) mass is 290 g/mol. The fourth-order valence-electron chi connectivity index (χ4n) is 2.00. The third-order valence-corrected chi connectivity index (χ3v) is 3.16. The average molecular weight is 291 g/mol. The molecule has 2 nitrogen and oxygen atoms in total. The Morgan fingerprint density at radius 2 is 2.06 bits per heavy atom. The van der Waals surface area contributed by atoms with Crippen LogP contribution in [-0.2, 0) is 0 Å². The molecule has 1 aromatic heterocycles. The number of aromatic nitrogens is 1. The van der Waals surface area contributed by atoms with Gasteiger partial charge in [0.2, 0.25) is 0 Å². The van der Waals surface area contributed by atoms with Crippen LogP contribution in [0.25, 0.3) is 0 Å². The van der Waals surface area contributed by atoms with E-state index < -0.39 is 0 Å². The number of hydrogen-bond donors (Lipinski definition) is 1. The van der Waals surface area contributed by atoms with E-state index in [-0.39, 0.29) is 6.04 Å². The third-order valence-electron chi connectivity index (χ3n) is 2.70. The van der Waals surface area contributed by atoms with E-state index in [1.54, 1.807) is 6.20 Å². The fraction of sp³-hybridized carbons (Fsp3) is 0.214. The lowest BCUT2D eigenvalue weighted by Gasteiger charge is -2.17. The highest BCUT2D eigenvalue weighted by Gasteiger charge is 2.12. The lowest BCUT2D eigenvalue weighted by molar-refractivity contribution is 0.688. The van der Waals surface area contributed by atoms with Crippen LogP contribution >= 0.6 is 15.9 Å². The molecule has 1 heterocycles. The summed E-state index contributed by atoms with van der Waals surface area (Å²) < 4.78 is 1.11. The van der Waals surface area contributed by atoms with Gasteiger partial charge in [0.25, 0.3) is 0 Å². The minimum atomic E-state index is 0.180. The summed E-state index contributed by atoms with van der Waals surface area (Å²) in [7, 11) is 1.97. The molecule has 0 aliphatic heterocycles. The quantitative estimate of drug-likeness (QED) is 0.936. The first-order chi connectivity index (χ1) is 8.20. The molecular weight excluding hydrogens is 276 g/mol. The zero-order valence-corrected chi connectivity index (χ0v) is 11.5. The molecule has 1 N–H and O–H groups in total. The SMILES string of the molecule is CNC(c1cccnc1)c1cc(C)cc(Br)c1. The molecule has 1 unspecified atom stereocenters. The minimum Gasteiger partial charge on any atom is -0.309 e. The number of pyridine rings is 1. The third kappa shape index (κ3) is 2.93. The first kappa shape index (κ1) is 12.3. The molecule has 0 fully saturated rings. The van der Waals surface area contributed by atoms with E-state index in [1.165, 1.54) is 16.7 Å². The lowest BCUT2D eigenvalue weighted by atomic mass is 9.99. The van der Waals surface area contributed by atoms with Gasteiger partial charge < -0.3 is 5.32 Å². The van der Waals surface area contributed by atoms with Gasteiger partial charge in [-0.25, -0.2) is 0 Å². The molecule has 2 aromatic rings. The zero-order chi connectivity index (χ0) is 12.3. The molecule has 2 rings (SSSR count). The van der Waals surface area contributed by atoms with Gasteiger partial charge in [0.1, 0.15) is 0 Å². The topological polar surface area (TPSA) is 24.9 Å². The maximum atomic E-state index is 4.17. The van der Waals surface area contributed by atoms with E-state index in [2.05, 4.69) is 57.4 Å². The van der Waals surface area contributed by atoms with Gasteiger partial charge in [-0.3, -0.25) is 4.98 Å². The summed E-state index contributed by atoms with van der Waals surface area (Å²) >= 11 is 3.54. The Hall–Kier alpha value is -1.19. The Morgan fingerprint density at radius 1 is 1.24 bits per heavy atom. The van der Waals surface area contributed by atoms with Crippen LogP contribution in [-0.4, -0.2) is 12.0 Å². The average Bonchev–Trinajstić information content (AvgIpc) is 2.30. The van der Waals surface area contributed by atoms with Crippen molar-refractivity contribution < 1.29 is 0 Å². The molecule has 0 saturated heterocycles. The van der Waals surface area contributed by atoms with Gasteiger partial charge in [0.05, 0.1) is 6.04 Å². The highest BCUT2D eigenvalue weighted by Crippen LogP contribution is 2.25. The Balaban J connectivity index is 2.42. The molecule has 0 saturated carbocycles. The Morgan fingerprint density at radius 3 is 2.65 bits per heavy atom. The molecule has 0 aliphatic carbocycles. The van der Waals surface area contributed by atoms with Gasteiger partial charge in [-0.05, 0) is 48.9 Å². The van der Waals surface area contributed by atoms with Crippen LogP contribution < -0.4 is 5.32 Å². The van der Waals surface area contributed by atoms with E-state index in [4.69, 9.17) is 0 Å². The summed E-state index contributed by atoms with van der Waals surface area (Å²) in [6, 6.07) is 10.7. The number of halogens is 1. The molecule has 88 valence electrons. The van der Waals surface area contributed by atoms with Crippen molar-refractivity contribution in [2.75, 3.05) is 7.05 Å². The molecule has 0 bridgehead atoms. The number of rotatable bonds is 3. The van der Waals surface area contributed by atoms with Crippen LogP contribution in [0.2, 0.25) is 0 Å². The van der Waals surface area contributed by atoms with Crippen LogP contribution in [0, 0.1) is 6.92 Å². The van der Waals surface area contributed by atoms with Gasteiger partial charge in [-0.1, -0.05) is 28.1 Å². The summed E-state index contributed by atoms with van der Waals surface area (Å²) in [4.78, 5) is 4.17. The van der Waals surface area contributed by atoms with Gasteiger partial charge in [0.15, 0.2) is 0 Å². The second kappa shape index (κ2) is 5.43. The van der Waals surface area contributed by atoms with Crippen molar-refractivity contribution in [2.45, 2.75) is 13.0 Å². The largest absolute Gasteiger partial charge is 0.309 e. The second-order valence-electron chi connectivity index (χ2n) is 4.07. The van der Waals surface area contributed by atoms with E-state index in [9.17, 15) is 0 Å². The van der Waals surface area contributed by atoms with Gasteiger partial charge in [-0.2, -0.15) is 0 Å². The van der Waals surface area contributed by atoms with E-state index >= 15 is 0 Å². The Bertz CT molecular complexity index is 477. The molecule has 0 radical (unpaired) electrons. The fourth-order valence-corrected chi connectivity index (χ4v) is 2.63. The molecule has 1 atom stereocenters. The molecular formula is C14H15BrN2. The molecule has 0 spiro atoms. The van der Waals surface area contributed by atoms with Crippen molar-refractivity contribution >= 4 is 15.9 Å². The molecule has 0 aliphatic rings. The van der Waals surface area contributed by atoms with Crippen molar-refractivity contribution in [3.63, 3.8) is 0 Å². The van der Waals surface area contributed by atoms with Gasteiger partial charge in [-0.15, -0.1) is 0 Å². The van der Waals surface area contributed by atoms with Crippen molar-refractivity contribution in [2.24, 2.45) is 0 Å². The second-order valence-corrected chi connectivity index (χ2v) is 4.99. The number of benzene rings is 1. The van der Waals surface area contributed by atoms with Crippen LogP contribution in [0.15, 0.2) is 47.2 Å². The number of nitrogens with one attached hydrogen (secondary N) is 1. The van der Waals surface area contributed by atoms with Crippen molar-refractivity contribution in [1.82, 2.24) is 10.3 Å². The van der Waals surface area contributed by atoms with E-state index in [1.807, 2.05) is 19.3 Å². The highest BCUT2D eigenvalue weighted by atomic mass is 79.9. The Labute approximate surface area is 110 Å².